The first kappa shape index (κ1) is 13.4. The zero-order chi connectivity index (χ0) is 14.1. The van der Waals surface area contributed by atoms with Gasteiger partial charge in [0.05, 0.1) is 5.52 Å². The van der Waals surface area contributed by atoms with E-state index < -0.39 is 0 Å². The van der Waals surface area contributed by atoms with Crippen LogP contribution in [0.3, 0.4) is 0 Å². The zero-order valence-electron chi connectivity index (χ0n) is 12.2. The minimum absolute atomic E-state index is 0.124. The quantitative estimate of drug-likeness (QED) is 0.936. The Kier molecular flexibility index (Phi) is 3.66. The highest BCUT2D eigenvalue weighted by Crippen LogP contribution is 2.22. The van der Waals surface area contributed by atoms with Gasteiger partial charge in [-0.3, -0.25) is 4.57 Å². The lowest BCUT2D eigenvalue weighted by Gasteiger charge is -2.22. The molecule has 3 rings (SSSR count). The predicted octanol–water partition coefficient (Wildman–Crippen LogP) is 2.72. The average molecular weight is 274 g/mol. The van der Waals surface area contributed by atoms with Gasteiger partial charge in [-0.2, -0.15) is 0 Å². The van der Waals surface area contributed by atoms with Crippen LogP contribution < -0.4 is 11.1 Å². The van der Waals surface area contributed by atoms with E-state index in [0.29, 0.717) is 0 Å². The van der Waals surface area contributed by atoms with Gasteiger partial charge < -0.3 is 9.73 Å². The minimum Gasteiger partial charge on any atom is -0.408 e. The van der Waals surface area contributed by atoms with Crippen molar-refractivity contribution in [3.63, 3.8) is 0 Å². The molecule has 1 aromatic heterocycles. The van der Waals surface area contributed by atoms with Crippen molar-refractivity contribution in [2.45, 2.75) is 39.2 Å². The van der Waals surface area contributed by atoms with Crippen LogP contribution in [0.15, 0.2) is 27.4 Å². The van der Waals surface area contributed by atoms with Gasteiger partial charge in [-0.05, 0) is 69.8 Å². The monoisotopic (exact) mass is 274 g/mol. The Labute approximate surface area is 118 Å². The molecule has 4 heteroatoms. The van der Waals surface area contributed by atoms with Gasteiger partial charge in [-0.1, -0.05) is 6.07 Å². The molecule has 1 fully saturated rings. The molecule has 0 atom stereocenters. The molecule has 0 radical (unpaired) electrons. The average Bonchev–Trinajstić information content (AvgIpc) is 2.75. The van der Waals surface area contributed by atoms with Crippen LogP contribution in [-0.4, -0.2) is 17.7 Å². The normalized spacial score (nSPS) is 17.1. The molecule has 0 bridgehead atoms. The topological polar surface area (TPSA) is 47.2 Å². The summed E-state index contributed by atoms with van der Waals surface area (Å²) in [4.78, 5) is 11.9. The summed E-state index contributed by atoms with van der Waals surface area (Å²) in [5.41, 5.74) is 2.89. The SMILES string of the molecule is CC(C)n1c(=O)oc2cc(CC3CCNCC3)ccc21. The summed E-state index contributed by atoms with van der Waals surface area (Å²) in [6, 6.07) is 6.32. The lowest BCUT2D eigenvalue weighted by atomic mass is 9.91. The Morgan fingerprint density at radius 1 is 1.35 bits per heavy atom. The Hall–Kier alpha value is -1.55. The van der Waals surface area contributed by atoms with Crippen LogP contribution in [0.25, 0.3) is 11.1 Å². The minimum atomic E-state index is -0.256. The molecule has 20 heavy (non-hydrogen) atoms. The summed E-state index contributed by atoms with van der Waals surface area (Å²) in [7, 11) is 0. The maximum Gasteiger partial charge on any atom is 0.420 e. The molecule has 0 spiro atoms. The van der Waals surface area contributed by atoms with Crippen molar-refractivity contribution in [2.75, 3.05) is 13.1 Å². The Morgan fingerprint density at radius 2 is 2.10 bits per heavy atom. The third-order valence-electron chi connectivity index (χ3n) is 4.18. The maximum absolute atomic E-state index is 11.9. The predicted molar refractivity (Wildman–Crippen MR) is 80.2 cm³/mol. The van der Waals surface area contributed by atoms with Gasteiger partial charge in [0.2, 0.25) is 0 Å². The molecule has 2 heterocycles. The van der Waals surface area contributed by atoms with Gasteiger partial charge in [0, 0.05) is 6.04 Å². The second-order valence-electron chi connectivity index (χ2n) is 6.03. The molecule has 2 aromatic rings. The highest BCUT2D eigenvalue weighted by molar-refractivity contribution is 5.73. The van der Waals surface area contributed by atoms with E-state index in [2.05, 4.69) is 11.4 Å². The summed E-state index contributed by atoms with van der Waals surface area (Å²) in [6.45, 7) is 6.23. The van der Waals surface area contributed by atoms with E-state index in [1.165, 1.54) is 18.4 Å². The van der Waals surface area contributed by atoms with Crippen molar-refractivity contribution < 1.29 is 4.42 Å². The Morgan fingerprint density at radius 3 is 2.80 bits per heavy atom. The number of benzene rings is 1. The van der Waals surface area contributed by atoms with Crippen LogP contribution in [-0.2, 0) is 6.42 Å². The number of aromatic nitrogens is 1. The first-order valence-corrected chi connectivity index (χ1v) is 7.50. The van der Waals surface area contributed by atoms with Gasteiger partial charge in [0.25, 0.3) is 0 Å². The maximum atomic E-state index is 11.9. The highest BCUT2D eigenvalue weighted by atomic mass is 16.4. The van der Waals surface area contributed by atoms with Gasteiger partial charge in [-0.25, -0.2) is 4.79 Å². The highest BCUT2D eigenvalue weighted by Gasteiger charge is 2.16. The number of hydrogen-bond donors (Lipinski definition) is 1. The standard InChI is InChI=1S/C16H22N2O2/c1-11(2)18-14-4-3-13(10-15(14)20-16(18)19)9-12-5-7-17-8-6-12/h3-4,10-12,17H,5-9H2,1-2H3. The first-order valence-electron chi connectivity index (χ1n) is 7.50. The number of hydrogen-bond acceptors (Lipinski definition) is 3. The van der Waals surface area contributed by atoms with E-state index >= 15 is 0 Å². The van der Waals surface area contributed by atoms with Gasteiger partial charge in [0.1, 0.15) is 0 Å². The molecule has 0 saturated carbocycles. The van der Waals surface area contributed by atoms with E-state index in [9.17, 15) is 4.79 Å². The lowest BCUT2D eigenvalue weighted by Crippen LogP contribution is -2.28. The van der Waals surface area contributed by atoms with Crippen molar-refractivity contribution in [1.29, 1.82) is 0 Å². The fourth-order valence-corrected chi connectivity index (χ4v) is 3.12. The number of piperidine rings is 1. The van der Waals surface area contributed by atoms with Crippen molar-refractivity contribution in [1.82, 2.24) is 9.88 Å². The molecule has 0 amide bonds. The molecule has 1 saturated heterocycles. The fourth-order valence-electron chi connectivity index (χ4n) is 3.12. The van der Waals surface area contributed by atoms with Gasteiger partial charge in [-0.15, -0.1) is 0 Å². The van der Waals surface area contributed by atoms with Gasteiger partial charge >= 0.3 is 5.76 Å². The number of oxazole rings is 1. The lowest BCUT2D eigenvalue weighted by molar-refractivity contribution is 0.372. The number of fused-ring (bicyclic) bond motifs is 1. The van der Waals surface area contributed by atoms with Crippen molar-refractivity contribution in [2.24, 2.45) is 5.92 Å². The van der Waals surface area contributed by atoms with E-state index in [0.717, 1.165) is 36.5 Å². The van der Waals surface area contributed by atoms with Crippen LogP contribution >= 0.6 is 0 Å². The largest absolute Gasteiger partial charge is 0.420 e. The molecule has 0 aliphatic carbocycles. The summed E-state index contributed by atoms with van der Waals surface area (Å²) in [5.74, 6) is 0.488. The van der Waals surface area contributed by atoms with Crippen LogP contribution in [0.5, 0.6) is 0 Å². The molecular formula is C16H22N2O2. The van der Waals surface area contributed by atoms with Crippen molar-refractivity contribution in [3.8, 4) is 0 Å². The Balaban J connectivity index is 1.89. The molecular weight excluding hydrogens is 252 g/mol. The number of nitrogens with one attached hydrogen (secondary N) is 1. The van der Waals surface area contributed by atoms with Crippen LogP contribution in [0.4, 0.5) is 0 Å². The summed E-state index contributed by atoms with van der Waals surface area (Å²) >= 11 is 0. The van der Waals surface area contributed by atoms with E-state index in [4.69, 9.17) is 4.42 Å². The summed E-state index contributed by atoms with van der Waals surface area (Å²) in [6.07, 6.45) is 3.54. The van der Waals surface area contributed by atoms with Crippen molar-refractivity contribution in [3.05, 3.63) is 34.3 Å². The molecule has 1 aliphatic rings. The second kappa shape index (κ2) is 5.44. The molecule has 108 valence electrons. The summed E-state index contributed by atoms with van der Waals surface area (Å²) in [5, 5.41) is 3.39. The van der Waals surface area contributed by atoms with Crippen LogP contribution in [0, 0.1) is 5.92 Å². The number of nitrogens with zero attached hydrogens (tertiary/aromatic N) is 1. The van der Waals surface area contributed by atoms with Gasteiger partial charge in [0.15, 0.2) is 5.58 Å². The zero-order valence-corrected chi connectivity index (χ0v) is 12.2. The molecule has 1 aromatic carbocycles. The second-order valence-corrected chi connectivity index (χ2v) is 6.03. The molecule has 0 unspecified atom stereocenters. The van der Waals surface area contributed by atoms with E-state index in [1.807, 2.05) is 26.0 Å². The smallest absolute Gasteiger partial charge is 0.408 e. The Bertz CT molecular complexity index is 648. The molecule has 4 nitrogen and oxygen atoms in total. The van der Waals surface area contributed by atoms with Crippen LogP contribution in [0.2, 0.25) is 0 Å². The molecule has 1 aliphatic heterocycles. The van der Waals surface area contributed by atoms with Crippen LogP contribution in [0.1, 0.15) is 38.3 Å². The van der Waals surface area contributed by atoms with Crippen molar-refractivity contribution >= 4 is 11.1 Å². The third-order valence-corrected chi connectivity index (χ3v) is 4.18. The number of rotatable bonds is 3. The van der Waals surface area contributed by atoms with E-state index in [1.54, 1.807) is 4.57 Å². The van der Waals surface area contributed by atoms with E-state index in [-0.39, 0.29) is 11.8 Å². The molecule has 1 N–H and O–H groups in total. The summed E-state index contributed by atoms with van der Waals surface area (Å²) < 4.78 is 7.10. The fraction of sp³-hybridized carbons (Fsp3) is 0.562. The third kappa shape index (κ3) is 2.52. The first-order chi connectivity index (χ1) is 9.65.